The van der Waals surface area contributed by atoms with E-state index < -0.39 is 97.5 Å². The second-order valence-corrected chi connectivity index (χ2v) is 31.1. The molecular formula is C77H150O17P2. The van der Waals surface area contributed by atoms with E-state index in [0.29, 0.717) is 31.6 Å². The fraction of sp³-hybridized carbons (Fsp3) is 0.948. The lowest BCUT2D eigenvalue weighted by Crippen LogP contribution is -2.30. The predicted octanol–water partition coefficient (Wildman–Crippen LogP) is 22.9. The number of hydrogen-bond acceptors (Lipinski definition) is 15. The Labute approximate surface area is 588 Å². The van der Waals surface area contributed by atoms with Crippen molar-refractivity contribution >= 4 is 39.5 Å². The molecule has 0 aromatic rings. The number of aliphatic hydroxyl groups is 1. The Kier molecular flexibility index (Phi) is 68.7. The third-order valence-corrected chi connectivity index (χ3v) is 19.9. The maximum absolute atomic E-state index is 13.1. The summed E-state index contributed by atoms with van der Waals surface area (Å²) in [6.07, 6.45) is 59.6. The van der Waals surface area contributed by atoms with Crippen LogP contribution in [0.25, 0.3) is 0 Å². The van der Waals surface area contributed by atoms with E-state index >= 15 is 0 Å². The number of phosphoric ester groups is 2. The molecule has 0 aromatic heterocycles. The normalized spacial score (nSPS) is 13.9. The van der Waals surface area contributed by atoms with Gasteiger partial charge in [-0.2, -0.15) is 0 Å². The van der Waals surface area contributed by atoms with E-state index in [9.17, 15) is 43.2 Å². The number of carbonyl (C=O) groups is 4. The van der Waals surface area contributed by atoms with Gasteiger partial charge in [0.15, 0.2) is 12.2 Å². The standard InChI is InChI=1S/C77H150O17P2/c1-6-9-12-15-18-21-24-27-30-33-36-39-42-47-53-58-63-76(81)93-72(66-87-74(79)60-55-50-45-40-37-34-31-28-25-22-19-16-13-10-7-2)68-91-95(83,84)89-64-71(78)65-90-96(85,86)92-69-73(67-88-75(80)61-56-51-48-43-44-49-54-59-70(4)5)94-77(82)62-57-52-46-41-38-35-32-29-26-23-20-17-14-11-8-3/h70-73,78H,6-69H2,1-5H3,(H,83,84)(H,85,86)/t71-,72-,73-/m1/s1. The first-order chi connectivity index (χ1) is 46.5. The van der Waals surface area contributed by atoms with Crippen LogP contribution in [0.4, 0.5) is 0 Å². The molecule has 0 aromatic carbocycles. The zero-order valence-electron chi connectivity index (χ0n) is 62.5. The minimum atomic E-state index is -4.96. The molecule has 570 valence electrons. The van der Waals surface area contributed by atoms with Crippen molar-refractivity contribution in [3.63, 3.8) is 0 Å². The number of unbranched alkanes of at least 4 members (excludes halogenated alkanes) is 49. The molecule has 0 heterocycles. The van der Waals surface area contributed by atoms with Crippen LogP contribution in [0.1, 0.15) is 407 Å². The van der Waals surface area contributed by atoms with Crippen LogP contribution in [0.15, 0.2) is 0 Å². The summed E-state index contributed by atoms with van der Waals surface area (Å²) < 4.78 is 68.6. The molecule has 96 heavy (non-hydrogen) atoms. The smallest absolute Gasteiger partial charge is 0.462 e. The molecule has 0 aliphatic carbocycles. The van der Waals surface area contributed by atoms with Crippen molar-refractivity contribution in [1.29, 1.82) is 0 Å². The van der Waals surface area contributed by atoms with E-state index in [4.69, 9.17) is 37.0 Å². The lowest BCUT2D eigenvalue weighted by atomic mass is 10.0. The van der Waals surface area contributed by atoms with Crippen LogP contribution in [0.3, 0.4) is 0 Å². The molecule has 3 N–H and O–H groups in total. The Morgan fingerprint density at radius 1 is 0.281 bits per heavy atom. The van der Waals surface area contributed by atoms with Crippen LogP contribution in [0.2, 0.25) is 0 Å². The third kappa shape index (κ3) is 70.5. The quantitative estimate of drug-likeness (QED) is 0.0222. The second kappa shape index (κ2) is 70.1. The molecule has 0 fully saturated rings. The summed E-state index contributed by atoms with van der Waals surface area (Å²) in [6.45, 7) is 7.26. The van der Waals surface area contributed by atoms with Gasteiger partial charge in [0.1, 0.15) is 19.3 Å². The van der Waals surface area contributed by atoms with E-state index in [2.05, 4.69) is 34.6 Å². The van der Waals surface area contributed by atoms with Gasteiger partial charge in [-0.05, 0) is 31.6 Å². The number of ether oxygens (including phenoxy) is 4. The Balaban J connectivity index is 5.25. The van der Waals surface area contributed by atoms with Crippen molar-refractivity contribution in [3.05, 3.63) is 0 Å². The minimum absolute atomic E-state index is 0.108. The van der Waals surface area contributed by atoms with Crippen LogP contribution in [0.5, 0.6) is 0 Å². The van der Waals surface area contributed by atoms with Crippen LogP contribution in [-0.4, -0.2) is 96.7 Å². The molecule has 0 aliphatic heterocycles. The lowest BCUT2D eigenvalue weighted by Gasteiger charge is -2.21. The number of carbonyl (C=O) groups excluding carboxylic acids is 4. The maximum atomic E-state index is 13.1. The molecule has 0 bridgehead atoms. The van der Waals surface area contributed by atoms with Crippen LogP contribution < -0.4 is 0 Å². The van der Waals surface area contributed by atoms with Gasteiger partial charge in [-0.25, -0.2) is 9.13 Å². The fourth-order valence-electron chi connectivity index (χ4n) is 11.9. The first kappa shape index (κ1) is 94.1. The molecule has 2 unspecified atom stereocenters. The van der Waals surface area contributed by atoms with Gasteiger partial charge in [0.05, 0.1) is 26.4 Å². The first-order valence-corrected chi connectivity index (χ1v) is 43.1. The molecule has 0 amide bonds. The molecule has 17 nitrogen and oxygen atoms in total. The molecule has 5 atom stereocenters. The van der Waals surface area contributed by atoms with Gasteiger partial charge in [0.25, 0.3) is 0 Å². The highest BCUT2D eigenvalue weighted by atomic mass is 31.2. The van der Waals surface area contributed by atoms with E-state index in [1.807, 2.05) is 0 Å². The molecule has 0 spiro atoms. The molecule has 0 rings (SSSR count). The summed E-state index contributed by atoms with van der Waals surface area (Å²) in [5.41, 5.74) is 0. The van der Waals surface area contributed by atoms with E-state index in [1.54, 1.807) is 0 Å². The third-order valence-electron chi connectivity index (χ3n) is 18.0. The average molecular weight is 1410 g/mol. The van der Waals surface area contributed by atoms with Gasteiger partial charge in [-0.1, -0.05) is 356 Å². The SMILES string of the molecule is CCCCCCCCCCCCCCCCCCC(=O)O[C@H](COC(=O)CCCCCCCCCCCCCCCCC)COP(=O)(O)OC[C@@H](O)COP(=O)(O)OC[C@@H](COC(=O)CCCCCCCCCC(C)C)OC(=O)CCCCCCCCCCCCCCCCC. The van der Waals surface area contributed by atoms with Gasteiger partial charge < -0.3 is 33.8 Å². The minimum Gasteiger partial charge on any atom is -0.462 e. The molecule has 19 heteroatoms. The number of phosphoric acid groups is 2. The van der Waals surface area contributed by atoms with Crippen molar-refractivity contribution < 1.29 is 80.2 Å². The van der Waals surface area contributed by atoms with Crippen molar-refractivity contribution in [2.75, 3.05) is 39.6 Å². The largest absolute Gasteiger partial charge is 0.472 e. The number of hydrogen-bond donors (Lipinski definition) is 3. The topological polar surface area (TPSA) is 237 Å². The maximum Gasteiger partial charge on any atom is 0.472 e. The summed E-state index contributed by atoms with van der Waals surface area (Å²) in [4.78, 5) is 72.9. The van der Waals surface area contributed by atoms with Crippen molar-refractivity contribution in [1.82, 2.24) is 0 Å². The van der Waals surface area contributed by atoms with Crippen molar-refractivity contribution in [2.24, 2.45) is 5.92 Å². The van der Waals surface area contributed by atoms with Crippen LogP contribution >= 0.6 is 15.6 Å². The monoisotopic (exact) mass is 1410 g/mol. The second-order valence-electron chi connectivity index (χ2n) is 28.2. The molecular weight excluding hydrogens is 1260 g/mol. The predicted molar refractivity (Wildman–Crippen MR) is 391 cm³/mol. The van der Waals surface area contributed by atoms with E-state index in [1.165, 1.54) is 225 Å². The summed E-state index contributed by atoms with van der Waals surface area (Å²) in [5.74, 6) is -1.40. The average Bonchev–Trinajstić information content (AvgIpc) is 1.67. The lowest BCUT2D eigenvalue weighted by molar-refractivity contribution is -0.161. The van der Waals surface area contributed by atoms with E-state index in [0.717, 1.165) is 96.3 Å². The number of rotatable bonds is 77. The van der Waals surface area contributed by atoms with Gasteiger partial charge in [0.2, 0.25) is 0 Å². The Bertz CT molecular complexity index is 1840. The van der Waals surface area contributed by atoms with Gasteiger partial charge in [-0.3, -0.25) is 37.3 Å². The van der Waals surface area contributed by atoms with Gasteiger partial charge in [0, 0.05) is 25.7 Å². The highest BCUT2D eigenvalue weighted by molar-refractivity contribution is 7.47. The molecule has 0 aliphatic rings. The zero-order valence-corrected chi connectivity index (χ0v) is 64.3. The fourth-order valence-corrected chi connectivity index (χ4v) is 13.5. The highest BCUT2D eigenvalue weighted by Gasteiger charge is 2.30. The van der Waals surface area contributed by atoms with Crippen LogP contribution in [0, 0.1) is 5.92 Å². The molecule has 0 saturated heterocycles. The Hall–Kier alpha value is -1.94. The number of esters is 4. The summed E-state index contributed by atoms with van der Waals surface area (Å²) in [6, 6.07) is 0. The zero-order chi connectivity index (χ0) is 70.5. The van der Waals surface area contributed by atoms with E-state index in [-0.39, 0.29) is 25.7 Å². The summed E-state index contributed by atoms with van der Waals surface area (Å²) in [7, 11) is -9.91. The first-order valence-electron chi connectivity index (χ1n) is 40.1. The summed E-state index contributed by atoms with van der Waals surface area (Å²) in [5, 5.41) is 10.6. The van der Waals surface area contributed by atoms with Crippen LogP contribution in [-0.2, 0) is 65.4 Å². The molecule has 0 saturated carbocycles. The summed E-state index contributed by atoms with van der Waals surface area (Å²) >= 11 is 0. The number of aliphatic hydroxyl groups excluding tert-OH is 1. The highest BCUT2D eigenvalue weighted by Crippen LogP contribution is 2.45. The Morgan fingerprint density at radius 3 is 0.708 bits per heavy atom. The van der Waals surface area contributed by atoms with Gasteiger partial charge in [-0.15, -0.1) is 0 Å². The van der Waals surface area contributed by atoms with Crippen molar-refractivity contribution in [2.45, 2.75) is 425 Å². The molecule has 0 radical (unpaired) electrons. The van der Waals surface area contributed by atoms with Crippen molar-refractivity contribution in [3.8, 4) is 0 Å². The Morgan fingerprint density at radius 2 is 0.479 bits per heavy atom. The van der Waals surface area contributed by atoms with Gasteiger partial charge >= 0.3 is 39.5 Å².